The number of methoxy groups -OCH3 is 1. The molecule has 0 aromatic heterocycles. The van der Waals surface area contributed by atoms with Gasteiger partial charge in [0, 0.05) is 18.8 Å². The monoisotopic (exact) mass is 430 g/mol. The first-order valence-electron chi connectivity index (χ1n) is 9.83. The van der Waals surface area contributed by atoms with E-state index in [1.54, 1.807) is 12.1 Å². The summed E-state index contributed by atoms with van der Waals surface area (Å²) >= 11 is 0. The second-order valence-electron chi connectivity index (χ2n) is 7.40. The number of anilines is 1. The van der Waals surface area contributed by atoms with Gasteiger partial charge in [-0.3, -0.25) is 9.59 Å². The molecule has 0 radical (unpaired) electrons. The van der Waals surface area contributed by atoms with Gasteiger partial charge in [-0.1, -0.05) is 24.3 Å². The topological polar surface area (TPSA) is 92.8 Å². The van der Waals surface area contributed by atoms with Crippen molar-refractivity contribution in [2.75, 3.05) is 25.5 Å². The van der Waals surface area contributed by atoms with E-state index in [4.69, 9.17) is 4.74 Å². The third kappa shape index (κ3) is 5.06. The van der Waals surface area contributed by atoms with Gasteiger partial charge in [-0.15, -0.1) is 0 Å². The molecule has 1 fully saturated rings. The Morgan fingerprint density at radius 2 is 1.83 bits per heavy atom. The summed E-state index contributed by atoms with van der Waals surface area (Å²) in [5.74, 6) is -1.00. The van der Waals surface area contributed by atoms with Crippen molar-refractivity contribution in [3.8, 4) is 0 Å². The normalized spacial score (nSPS) is 17.3. The van der Waals surface area contributed by atoms with Gasteiger partial charge >= 0.3 is 5.97 Å². The number of hydrogen-bond acceptors (Lipinski definition) is 5. The Morgan fingerprint density at radius 3 is 2.50 bits per heavy atom. The van der Waals surface area contributed by atoms with Gasteiger partial charge in [0.05, 0.1) is 24.3 Å². The molecule has 2 aromatic carbocycles. The number of aryl methyl sites for hydroxylation is 1. The fraction of sp³-hybridized carbons (Fsp3) is 0.364. The third-order valence-corrected chi connectivity index (χ3v) is 7.19. The van der Waals surface area contributed by atoms with Crippen LogP contribution < -0.4 is 5.32 Å². The van der Waals surface area contributed by atoms with E-state index in [0.29, 0.717) is 25.1 Å². The molecule has 3 rings (SSSR count). The minimum absolute atomic E-state index is 0.115. The van der Waals surface area contributed by atoms with Crippen LogP contribution in [0.3, 0.4) is 0 Å². The highest BCUT2D eigenvalue weighted by molar-refractivity contribution is 7.89. The lowest BCUT2D eigenvalue weighted by atomic mass is 10.0. The molecule has 0 aliphatic carbocycles. The van der Waals surface area contributed by atoms with Gasteiger partial charge in [-0.2, -0.15) is 4.31 Å². The first kappa shape index (κ1) is 22.0. The summed E-state index contributed by atoms with van der Waals surface area (Å²) < 4.78 is 32.0. The lowest BCUT2D eigenvalue weighted by Gasteiger charge is -2.30. The summed E-state index contributed by atoms with van der Waals surface area (Å²) in [5, 5.41) is 2.80. The van der Waals surface area contributed by atoms with Crippen LogP contribution in [0.15, 0.2) is 53.4 Å². The maximum absolute atomic E-state index is 12.9. The lowest BCUT2D eigenvalue weighted by Crippen LogP contribution is -2.42. The SMILES string of the molecule is COC(=O)[C@@H]1CCCN(S(=O)(=O)c2ccc(NC(=O)Cc3ccccc3C)cc2)C1. The van der Waals surface area contributed by atoms with E-state index in [9.17, 15) is 18.0 Å². The van der Waals surface area contributed by atoms with E-state index in [1.165, 1.54) is 23.5 Å². The zero-order chi connectivity index (χ0) is 21.7. The van der Waals surface area contributed by atoms with Crippen LogP contribution >= 0.6 is 0 Å². The number of carbonyl (C=O) groups is 2. The van der Waals surface area contributed by atoms with Gasteiger partial charge in [-0.05, 0) is 55.2 Å². The van der Waals surface area contributed by atoms with Crippen molar-refractivity contribution in [3.05, 3.63) is 59.7 Å². The second-order valence-corrected chi connectivity index (χ2v) is 9.34. The Balaban J connectivity index is 1.66. The molecule has 1 aliphatic heterocycles. The minimum Gasteiger partial charge on any atom is -0.469 e. The first-order valence-corrected chi connectivity index (χ1v) is 11.3. The number of nitrogens with zero attached hydrogens (tertiary/aromatic N) is 1. The fourth-order valence-electron chi connectivity index (χ4n) is 3.57. The van der Waals surface area contributed by atoms with Gasteiger partial charge < -0.3 is 10.1 Å². The van der Waals surface area contributed by atoms with Crippen LogP contribution in [0.4, 0.5) is 5.69 Å². The fourth-order valence-corrected chi connectivity index (χ4v) is 5.09. The molecule has 2 aromatic rings. The number of amides is 1. The smallest absolute Gasteiger partial charge is 0.309 e. The first-order chi connectivity index (χ1) is 14.3. The molecule has 0 saturated carbocycles. The lowest BCUT2D eigenvalue weighted by molar-refractivity contribution is -0.146. The summed E-state index contributed by atoms with van der Waals surface area (Å²) in [6.07, 6.45) is 1.46. The van der Waals surface area contributed by atoms with Crippen molar-refractivity contribution < 1.29 is 22.7 Å². The van der Waals surface area contributed by atoms with Gasteiger partial charge in [0.25, 0.3) is 0 Å². The maximum Gasteiger partial charge on any atom is 0.309 e. The molecule has 1 aliphatic rings. The van der Waals surface area contributed by atoms with Gasteiger partial charge in [-0.25, -0.2) is 8.42 Å². The highest BCUT2D eigenvalue weighted by atomic mass is 32.2. The number of carbonyl (C=O) groups excluding carboxylic acids is 2. The van der Waals surface area contributed by atoms with E-state index in [0.717, 1.165) is 11.1 Å². The number of nitrogens with one attached hydrogen (secondary N) is 1. The summed E-state index contributed by atoms with van der Waals surface area (Å²) in [7, 11) is -2.42. The van der Waals surface area contributed by atoms with Crippen LogP contribution in [0.2, 0.25) is 0 Å². The molecule has 160 valence electrons. The van der Waals surface area contributed by atoms with E-state index in [-0.39, 0.29) is 29.7 Å². The number of benzene rings is 2. The number of hydrogen-bond donors (Lipinski definition) is 1. The van der Waals surface area contributed by atoms with Gasteiger partial charge in [0.2, 0.25) is 15.9 Å². The van der Waals surface area contributed by atoms with Crippen molar-refractivity contribution in [2.45, 2.75) is 31.1 Å². The van der Waals surface area contributed by atoms with Crippen LogP contribution in [0, 0.1) is 12.8 Å². The molecule has 1 atom stereocenters. The third-order valence-electron chi connectivity index (χ3n) is 5.31. The zero-order valence-corrected chi connectivity index (χ0v) is 17.9. The molecule has 30 heavy (non-hydrogen) atoms. The summed E-state index contributed by atoms with van der Waals surface area (Å²) in [6, 6.07) is 13.8. The molecule has 1 heterocycles. The standard InChI is InChI=1S/C22H26N2O5S/c1-16-6-3-4-7-17(16)14-21(25)23-19-9-11-20(12-10-19)30(27,28)24-13-5-8-18(15-24)22(26)29-2/h3-4,6-7,9-12,18H,5,8,13-15H2,1-2H3,(H,23,25)/t18-/m1/s1. The molecule has 0 bridgehead atoms. The van der Waals surface area contributed by atoms with Crippen LogP contribution in [0.25, 0.3) is 0 Å². The van der Waals surface area contributed by atoms with Crippen molar-refractivity contribution in [1.82, 2.24) is 4.31 Å². The molecule has 1 N–H and O–H groups in total. The molecule has 1 saturated heterocycles. The Morgan fingerprint density at radius 1 is 1.13 bits per heavy atom. The average molecular weight is 431 g/mol. The Hall–Kier alpha value is -2.71. The Labute approximate surface area is 177 Å². The van der Waals surface area contributed by atoms with E-state index < -0.39 is 15.9 Å². The quantitative estimate of drug-likeness (QED) is 0.712. The summed E-state index contributed by atoms with van der Waals surface area (Å²) in [6.45, 7) is 2.43. The van der Waals surface area contributed by atoms with E-state index >= 15 is 0 Å². The minimum atomic E-state index is -3.72. The van der Waals surface area contributed by atoms with Crippen molar-refractivity contribution in [2.24, 2.45) is 5.92 Å². The van der Waals surface area contributed by atoms with Crippen molar-refractivity contribution in [1.29, 1.82) is 0 Å². The highest BCUT2D eigenvalue weighted by Crippen LogP contribution is 2.25. The molecule has 1 amide bonds. The Kier molecular flexibility index (Phi) is 6.89. The van der Waals surface area contributed by atoms with Crippen LogP contribution in [0.1, 0.15) is 24.0 Å². The summed E-state index contributed by atoms with van der Waals surface area (Å²) in [5.41, 5.74) is 2.51. The van der Waals surface area contributed by atoms with Gasteiger partial charge in [0.1, 0.15) is 0 Å². The Bertz CT molecular complexity index is 1020. The maximum atomic E-state index is 12.9. The second kappa shape index (κ2) is 9.40. The number of piperidine rings is 1. The van der Waals surface area contributed by atoms with Crippen molar-refractivity contribution >= 4 is 27.6 Å². The van der Waals surface area contributed by atoms with E-state index in [2.05, 4.69) is 5.32 Å². The predicted octanol–water partition coefficient (Wildman–Crippen LogP) is 2.75. The van der Waals surface area contributed by atoms with Gasteiger partial charge in [0.15, 0.2) is 0 Å². The molecule has 8 heteroatoms. The van der Waals surface area contributed by atoms with E-state index in [1.807, 2.05) is 31.2 Å². The van der Waals surface area contributed by atoms with Crippen LogP contribution in [0.5, 0.6) is 0 Å². The average Bonchev–Trinajstić information content (AvgIpc) is 2.75. The van der Waals surface area contributed by atoms with Crippen LogP contribution in [-0.2, 0) is 30.8 Å². The number of rotatable bonds is 6. The predicted molar refractivity (Wildman–Crippen MR) is 113 cm³/mol. The largest absolute Gasteiger partial charge is 0.469 e. The number of esters is 1. The molecular formula is C22H26N2O5S. The van der Waals surface area contributed by atoms with Crippen molar-refractivity contribution in [3.63, 3.8) is 0 Å². The molecule has 7 nitrogen and oxygen atoms in total. The zero-order valence-electron chi connectivity index (χ0n) is 17.1. The number of ether oxygens (including phenoxy) is 1. The number of sulfonamides is 1. The van der Waals surface area contributed by atoms with Crippen LogP contribution in [-0.4, -0.2) is 44.8 Å². The molecule has 0 unspecified atom stereocenters. The molecular weight excluding hydrogens is 404 g/mol. The highest BCUT2D eigenvalue weighted by Gasteiger charge is 2.33. The molecule has 0 spiro atoms. The summed E-state index contributed by atoms with van der Waals surface area (Å²) in [4.78, 5) is 24.2.